The highest BCUT2D eigenvalue weighted by molar-refractivity contribution is 7.80. The average Bonchev–Trinajstić information content (AvgIpc) is 2.26. The van der Waals surface area contributed by atoms with E-state index in [1.54, 1.807) is 0 Å². The summed E-state index contributed by atoms with van der Waals surface area (Å²) in [5, 5.41) is 0. The number of rotatable bonds is 6. The second kappa shape index (κ2) is 6.49. The number of ether oxygens (including phenoxy) is 1. The number of benzene rings is 1. The first kappa shape index (κ1) is 13.8. The average molecular weight is 259 g/mol. The topological polar surface area (TPSA) is 35.2 Å². The maximum atomic E-state index is 13.5. The van der Waals surface area contributed by atoms with Crippen LogP contribution in [0.2, 0.25) is 0 Å². The van der Waals surface area contributed by atoms with Gasteiger partial charge in [-0.25, -0.2) is 8.78 Å². The molecule has 0 aliphatic heterocycles. The summed E-state index contributed by atoms with van der Waals surface area (Å²) in [5.41, 5.74) is 5.46. The van der Waals surface area contributed by atoms with Crippen molar-refractivity contribution in [1.82, 2.24) is 0 Å². The molecule has 0 amide bonds. The number of nitrogens with two attached hydrogens (primary N) is 1. The van der Waals surface area contributed by atoms with E-state index < -0.39 is 11.6 Å². The summed E-state index contributed by atoms with van der Waals surface area (Å²) in [5.74, 6) is -1.91. The van der Waals surface area contributed by atoms with Crippen LogP contribution in [-0.4, -0.2) is 11.6 Å². The molecule has 1 aromatic carbocycles. The molecule has 5 heteroatoms. The zero-order valence-corrected chi connectivity index (χ0v) is 10.4. The van der Waals surface area contributed by atoms with Crippen molar-refractivity contribution in [1.29, 1.82) is 0 Å². The fraction of sp³-hybridized carbons (Fsp3) is 0.417. The molecule has 0 saturated heterocycles. The van der Waals surface area contributed by atoms with Crippen LogP contribution in [0.1, 0.15) is 31.7 Å². The van der Waals surface area contributed by atoms with Gasteiger partial charge in [-0.2, -0.15) is 0 Å². The van der Waals surface area contributed by atoms with Crippen molar-refractivity contribution in [3.05, 3.63) is 29.3 Å². The normalized spacial score (nSPS) is 10.3. The van der Waals surface area contributed by atoms with E-state index in [2.05, 4.69) is 12.2 Å². The Morgan fingerprint density at radius 3 is 2.35 bits per heavy atom. The van der Waals surface area contributed by atoms with E-state index in [0.717, 1.165) is 31.4 Å². The van der Waals surface area contributed by atoms with Crippen molar-refractivity contribution in [3.8, 4) is 5.75 Å². The molecule has 0 radical (unpaired) electrons. The number of halogens is 2. The zero-order valence-electron chi connectivity index (χ0n) is 9.63. The molecule has 17 heavy (non-hydrogen) atoms. The molecule has 0 spiro atoms. The Balaban J connectivity index is 2.76. The van der Waals surface area contributed by atoms with Crippen LogP contribution in [0.3, 0.4) is 0 Å². The second-order valence-corrected chi connectivity index (χ2v) is 4.13. The molecule has 0 heterocycles. The van der Waals surface area contributed by atoms with Crippen LogP contribution in [0.5, 0.6) is 5.75 Å². The van der Waals surface area contributed by atoms with Gasteiger partial charge in [0.2, 0.25) is 0 Å². The van der Waals surface area contributed by atoms with E-state index >= 15 is 0 Å². The van der Waals surface area contributed by atoms with Crippen molar-refractivity contribution in [2.75, 3.05) is 6.61 Å². The fourth-order valence-electron chi connectivity index (χ4n) is 1.37. The summed E-state index contributed by atoms with van der Waals surface area (Å²) in [7, 11) is 0. The molecular weight excluding hydrogens is 244 g/mol. The lowest BCUT2D eigenvalue weighted by Gasteiger charge is -2.09. The van der Waals surface area contributed by atoms with Gasteiger partial charge in [0, 0.05) is 5.56 Å². The predicted octanol–water partition coefficient (Wildman–Crippen LogP) is 3.17. The van der Waals surface area contributed by atoms with Gasteiger partial charge in [0.15, 0.2) is 17.4 Å². The van der Waals surface area contributed by atoms with E-state index in [4.69, 9.17) is 10.5 Å². The van der Waals surface area contributed by atoms with Crippen molar-refractivity contribution < 1.29 is 13.5 Å². The molecule has 2 nitrogen and oxygen atoms in total. The summed E-state index contributed by atoms with van der Waals surface area (Å²) in [6.45, 7) is 2.34. The van der Waals surface area contributed by atoms with Crippen LogP contribution in [0.25, 0.3) is 0 Å². The third kappa shape index (κ3) is 3.93. The van der Waals surface area contributed by atoms with Crippen molar-refractivity contribution in [2.45, 2.75) is 26.2 Å². The molecule has 0 aromatic heterocycles. The Morgan fingerprint density at radius 2 is 1.88 bits per heavy atom. The van der Waals surface area contributed by atoms with Gasteiger partial charge in [-0.1, -0.05) is 32.0 Å². The fourth-order valence-corrected chi connectivity index (χ4v) is 1.48. The van der Waals surface area contributed by atoms with Crippen molar-refractivity contribution >= 4 is 17.2 Å². The van der Waals surface area contributed by atoms with Crippen LogP contribution in [0, 0.1) is 11.6 Å². The van der Waals surface area contributed by atoms with E-state index in [1.807, 2.05) is 6.92 Å². The maximum absolute atomic E-state index is 13.5. The third-order valence-corrected chi connectivity index (χ3v) is 2.51. The molecular formula is C12H15F2NOS. The largest absolute Gasteiger partial charge is 0.488 e. The maximum Gasteiger partial charge on any atom is 0.190 e. The molecule has 94 valence electrons. The SMILES string of the molecule is CCCCCOc1c(F)cc(C(N)=S)cc1F. The Kier molecular flexibility index (Phi) is 5.28. The monoisotopic (exact) mass is 259 g/mol. The Hall–Kier alpha value is -1.23. The van der Waals surface area contributed by atoms with Crippen molar-refractivity contribution in [2.24, 2.45) is 5.73 Å². The standard InChI is InChI=1S/C12H15F2NOS/c1-2-3-4-5-16-11-9(13)6-8(12(15)17)7-10(11)14/h6-7H,2-5H2,1H3,(H2,15,17). The van der Waals surface area contributed by atoms with Gasteiger partial charge in [0.05, 0.1) is 6.61 Å². The minimum absolute atomic E-state index is 0.0414. The molecule has 1 rings (SSSR count). The lowest BCUT2D eigenvalue weighted by Crippen LogP contribution is -2.11. The van der Waals surface area contributed by atoms with E-state index in [9.17, 15) is 8.78 Å². The predicted molar refractivity (Wildman–Crippen MR) is 67.3 cm³/mol. The summed E-state index contributed by atoms with van der Waals surface area (Å²) in [6.07, 6.45) is 2.76. The molecule has 1 aromatic rings. The lowest BCUT2D eigenvalue weighted by atomic mass is 10.2. The minimum Gasteiger partial charge on any atom is -0.488 e. The molecule has 2 N–H and O–H groups in total. The molecule has 0 atom stereocenters. The van der Waals surface area contributed by atoms with Crippen LogP contribution in [0.4, 0.5) is 8.78 Å². The number of hydrogen-bond donors (Lipinski definition) is 1. The molecule has 0 fully saturated rings. The van der Waals surface area contributed by atoms with Gasteiger partial charge in [0.25, 0.3) is 0 Å². The van der Waals surface area contributed by atoms with Gasteiger partial charge in [0.1, 0.15) is 4.99 Å². The van der Waals surface area contributed by atoms with Crippen molar-refractivity contribution in [3.63, 3.8) is 0 Å². The highest BCUT2D eigenvalue weighted by Gasteiger charge is 2.13. The van der Waals surface area contributed by atoms with Gasteiger partial charge >= 0.3 is 0 Å². The number of thiocarbonyl (C=S) groups is 1. The van der Waals surface area contributed by atoms with Crippen LogP contribution >= 0.6 is 12.2 Å². The Morgan fingerprint density at radius 1 is 1.29 bits per heavy atom. The minimum atomic E-state index is -0.774. The number of hydrogen-bond acceptors (Lipinski definition) is 2. The van der Waals surface area contributed by atoms with Gasteiger partial charge in [-0.3, -0.25) is 0 Å². The summed E-state index contributed by atoms with van der Waals surface area (Å²) in [4.78, 5) is -0.0414. The lowest BCUT2D eigenvalue weighted by molar-refractivity contribution is 0.276. The van der Waals surface area contributed by atoms with E-state index in [1.165, 1.54) is 0 Å². The van der Waals surface area contributed by atoms with Crippen LogP contribution < -0.4 is 10.5 Å². The number of unbranched alkanes of at least 4 members (excludes halogenated alkanes) is 2. The summed E-state index contributed by atoms with van der Waals surface area (Å²) < 4.78 is 32.1. The first-order chi connectivity index (χ1) is 8.06. The Bertz CT molecular complexity index is 386. The van der Waals surface area contributed by atoms with Gasteiger partial charge < -0.3 is 10.5 Å². The molecule has 0 saturated carbocycles. The first-order valence-electron chi connectivity index (χ1n) is 5.48. The smallest absolute Gasteiger partial charge is 0.190 e. The van der Waals surface area contributed by atoms with Gasteiger partial charge in [-0.15, -0.1) is 0 Å². The van der Waals surface area contributed by atoms with Crippen LogP contribution in [0.15, 0.2) is 12.1 Å². The second-order valence-electron chi connectivity index (χ2n) is 3.69. The molecule has 0 bridgehead atoms. The highest BCUT2D eigenvalue weighted by atomic mass is 32.1. The van der Waals surface area contributed by atoms with Crippen LogP contribution in [-0.2, 0) is 0 Å². The summed E-state index contributed by atoms with van der Waals surface area (Å²) in [6, 6.07) is 2.17. The first-order valence-corrected chi connectivity index (χ1v) is 5.88. The Labute approximate surface area is 105 Å². The van der Waals surface area contributed by atoms with Gasteiger partial charge in [-0.05, 0) is 18.6 Å². The summed E-state index contributed by atoms with van der Waals surface area (Å²) >= 11 is 4.65. The molecule has 0 unspecified atom stereocenters. The quantitative estimate of drug-likeness (QED) is 0.629. The van der Waals surface area contributed by atoms with E-state index in [-0.39, 0.29) is 16.3 Å². The molecule has 0 aliphatic carbocycles. The zero-order chi connectivity index (χ0) is 12.8. The van der Waals surface area contributed by atoms with E-state index in [0.29, 0.717) is 6.61 Å². The molecule has 0 aliphatic rings. The third-order valence-electron chi connectivity index (χ3n) is 2.28. The highest BCUT2D eigenvalue weighted by Crippen LogP contribution is 2.23.